The van der Waals surface area contributed by atoms with E-state index in [2.05, 4.69) is 4.99 Å². The highest BCUT2D eigenvalue weighted by molar-refractivity contribution is 5.98. The third kappa shape index (κ3) is 2.21. The number of phenols is 1. The lowest BCUT2D eigenvalue weighted by molar-refractivity contribution is 0.373. The van der Waals surface area contributed by atoms with Gasteiger partial charge in [0.1, 0.15) is 5.84 Å². The first-order valence-corrected chi connectivity index (χ1v) is 4.91. The molecule has 80 valence electrons. The van der Waals surface area contributed by atoms with E-state index in [0.717, 1.165) is 18.4 Å². The molecule has 4 nitrogen and oxygen atoms in total. The summed E-state index contributed by atoms with van der Waals surface area (Å²) < 4.78 is 5.00. The van der Waals surface area contributed by atoms with Crippen molar-refractivity contribution in [3.05, 3.63) is 23.8 Å². The van der Waals surface area contributed by atoms with Gasteiger partial charge in [0, 0.05) is 5.56 Å². The maximum atomic E-state index is 9.41. The first kappa shape index (κ1) is 9.83. The van der Waals surface area contributed by atoms with Gasteiger partial charge in [-0.3, -0.25) is 4.99 Å². The molecule has 1 aliphatic rings. The molecule has 0 bridgehead atoms. The molecule has 1 aromatic carbocycles. The second-order valence-electron chi connectivity index (χ2n) is 3.63. The standard InChI is InChI=1S/C11H14N2O2/c1-15-10-6-7(2-5-9(10)14)11(12)13-8-3-4-8/h2,5-6,8,14H,3-4H2,1H3,(H2,12,13). The summed E-state index contributed by atoms with van der Waals surface area (Å²) in [4.78, 5) is 4.32. The van der Waals surface area contributed by atoms with Gasteiger partial charge in [-0.25, -0.2) is 0 Å². The molecule has 3 N–H and O–H groups in total. The maximum absolute atomic E-state index is 9.41. The molecule has 2 rings (SSSR count). The van der Waals surface area contributed by atoms with Crippen molar-refractivity contribution in [3.63, 3.8) is 0 Å². The molecule has 0 spiro atoms. The Labute approximate surface area is 88.4 Å². The van der Waals surface area contributed by atoms with Gasteiger partial charge in [-0.05, 0) is 31.0 Å². The normalized spacial score (nSPS) is 16.5. The smallest absolute Gasteiger partial charge is 0.161 e. The summed E-state index contributed by atoms with van der Waals surface area (Å²) in [7, 11) is 1.51. The minimum atomic E-state index is 0.112. The molecule has 1 aliphatic carbocycles. The van der Waals surface area contributed by atoms with Crippen molar-refractivity contribution in [2.24, 2.45) is 10.7 Å². The molecule has 0 heterocycles. The van der Waals surface area contributed by atoms with Crippen molar-refractivity contribution in [1.82, 2.24) is 0 Å². The van der Waals surface area contributed by atoms with E-state index in [-0.39, 0.29) is 5.75 Å². The Kier molecular flexibility index (Phi) is 2.49. The van der Waals surface area contributed by atoms with Crippen LogP contribution in [0.5, 0.6) is 11.5 Å². The third-order valence-electron chi connectivity index (χ3n) is 2.34. The van der Waals surface area contributed by atoms with E-state index in [9.17, 15) is 5.11 Å². The van der Waals surface area contributed by atoms with Crippen LogP contribution >= 0.6 is 0 Å². The van der Waals surface area contributed by atoms with Crippen LogP contribution in [0.4, 0.5) is 0 Å². The average Bonchev–Trinajstić information content (AvgIpc) is 3.02. The van der Waals surface area contributed by atoms with Gasteiger partial charge >= 0.3 is 0 Å². The van der Waals surface area contributed by atoms with E-state index in [1.54, 1.807) is 18.2 Å². The zero-order chi connectivity index (χ0) is 10.8. The molecule has 4 heteroatoms. The Morgan fingerprint density at radius 1 is 1.53 bits per heavy atom. The highest BCUT2D eigenvalue weighted by Gasteiger charge is 2.20. The summed E-state index contributed by atoms with van der Waals surface area (Å²) in [5.74, 6) is 1.04. The van der Waals surface area contributed by atoms with Crippen LogP contribution in [0.1, 0.15) is 18.4 Å². The van der Waals surface area contributed by atoms with Crippen molar-refractivity contribution in [1.29, 1.82) is 0 Å². The van der Waals surface area contributed by atoms with E-state index in [1.807, 2.05) is 0 Å². The topological polar surface area (TPSA) is 67.8 Å². The fourth-order valence-corrected chi connectivity index (χ4v) is 1.31. The molecule has 0 unspecified atom stereocenters. The number of hydrogen-bond donors (Lipinski definition) is 2. The van der Waals surface area contributed by atoms with Crippen molar-refractivity contribution in [2.75, 3.05) is 7.11 Å². The monoisotopic (exact) mass is 206 g/mol. The molecule has 0 saturated heterocycles. The predicted octanol–water partition coefficient (Wildman–Crippen LogP) is 1.27. The number of aromatic hydroxyl groups is 1. The van der Waals surface area contributed by atoms with E-state index in [1.165, 1.54) is 7.11 Å². The zero-order valence-corrected chi connectivity index (χ0v) is 8.60. The number of methoxy groups -OCH3 is 1. The SMILES string of the molecule is COc1cc(C(N)=NC2CC2)ccc1O. The summed E-state index contributed by atoms with van der Waals surface area (Å²) >= 11 is 0. The van der Waals surface area contributed by atoms with Crippen LogP contribution in [0.2, 0.25) is 0 Å². The second kappa shape index (κ2) is 3.81. The van der Waals surface area contributed by atoms with Crippen LogP contribution in [0, 0.1) is 0 Å². The van der Waals surface area contributed by atoms with E-state index in [0.29, 0.717) is 17.6 Å². The summed E-state index contributed by atoms with van der Waals surface area (Å²) in [6.45, 7) is 0. The minimum absolute atomic E-state index is 0.112. The molecule has 1 aromatic rings. The average molecular weight is 206 g/mol. The molecule has 0 radical (unpaired) electrons. The molecule has 0 aliphatic heterocycles. The largest absolute Gasteiger partial charge is 0.504 e. The molecule has 1 fully saturated rings. The third-order valence-corrected chi connectivity index (χ3v) is 2.34. The number of phenolic OH excluding ortho intramolecular Hbond substituents is 1. The van der Waals surface area contributed by atoms with Crippen LogP contribution in [-0.4, -0.2) is 24.1 Å². The van der Waals surface area contributed by atoms with Crippen LogP contribution < -0.4 is 10.5 Å². The van der Waals surface area contributed by atoms with Gasteiger partial charge in [-0.2, -0.15) is 0 Å². The van der Waals surface area contributed by atoms with Crippen LogP contribution in [0.25, 0.3) is 0 Å². The summed E-state index contributed by atoms with van der Waals surface area (Å²) in [6.07, 6.45) is 2.24. The second-order valence-corrected chi connectivity index (χ2v) is 3.63. The van der Waals surface area contributed by atoms with Crippen molar-refractivity contribution >= 4 is 5.84 Å². The molecular formula is C11H14N2O2. The van der Waals surface area contributed by atoms with E-state index < -0.39 is 0 Å². The number of ether oxygens (including phenoxy) is 1. The van der Waals surface area contributed by atoms with Crippen LogP contribution in [0.15, 0.2) is 23.2 Å². The predicted molar refractivity (Wildman–Crippen MR) is 58.4 cm³/mol. The van der Waals surface area contributed by atoms with Gasteiger partial charge in [-0.15, -0.1) is 0 Å². The first-order valence-electron chi connectivity index (χ1n) is 4.91. The number of amidine groups is 1. The van der Waals surface area contributed by atoms with Gasteiger partial charge in [0.2, 0.25) is 0 Å². The molecule has 15 heavy (non-hydrogen) atoms. The lowest BCUT2D eigenvalue weighted by Crippen LogP contribution is -2.14. The van der Waals surface area contributed by atoms with Gasteiger partial charge < -0.3 is 15.6 Å². The Balaban J connectivity index is 2.27. The number of hydrogen-bond acceptors (Lipinski definition) is 3. The lowest BCUT2D eigenvalue weighted by atomic mass is 10.2. The highest BCUT2D eigenvalue weighted by Crippen LogP contribution is 2.27. The highest BCUT2D eigenvalue weighted by atomic mass is 16.5. The van der Waals surface area contributed by atoms with E-state index in [4.69, 9.17) is 10.5 Å². The van der Waals surface area contributed by atoms with Crippen molar-refractivity contribution in [2.45, 2.75) is 18.9 Å². The van der Waals surface area contributed by atoms with Gasteiger partial charge in [-0.1, -0.05) is 0 Å². The van der Waals surface area contributed by atoms with Crippen molar-refractivity contribution < 1.29 is 9.84 Å². The Morgan fingerprint density at radius 2 is 2.27 bits per heavy atom. The van der Waals surface area contributed by atoms with E-state index >= 15 is 0 Å². The lowest BCUT2D eigenvalue weighted by Gasteiger charge is -2.06. The Hall–Kier alpha value is -1.71. The van der Waals surface area contributed by atoms with Crippen LogP contribution in [-0.2, 0) is 0 Å². The minimum Gasteiger partial charge on any atom is -0.504 e. The Morgan fingerprint density at radius 3 is 2.87 bits per heavy atom. The molecule has 0 amide bonds. The number of benzene rings is 1. The zero-order valence-electron chi connectivity index (χ0n) is 8.60. The quantitative estimate of drug-likeness (QED) is 0.578. The maximum Gasteiger partial charge on any atom is 0.161 e. The number of nitrogens with zero attached hydrogens (tertiary/aromatic N) is 1. The summed E-state index contributed by atoms with van der Waals surface area (Å²) in [5.41, 5.74) is 6.61. The number of rotatable bonds is 3. The summed E-state index contributed by atoms with van der Waals surface area (Å²) in [6, 6.07) is 5.38. The van der Waals surface area contributed by atoms with Crippen molar-refractivity contribution in [3.8, 4) is 11.5 Å². The Bertz CT molecular complexity index is 398. The fraction of sp³-hybridized carbons (Fsp3) is 0.364. The first-order chi connectivity index (χ1) is 7.20. The number of nitrogens with two attached hydrogens (primary N) is 1. The molecular weight excluding hydrogens is 192 g/mol. The molecule has 0 aromatic heterocycles. The fourth-order valence-electron chi connectivity index (χ4n) is 1.31. The van der Waals surface area contributed by atoms with Crippen LogP contribution in [0.3, 0.4) is 0 Å². The van der Waals surface area contributed by atoms with Gasteiger partial charge in [0.15, 0.2) is 11.5 Å². The number of aliphatic imine (C=N–C) groups is 1. The molecule has 0 atom stereocenters. The summed E-state index contributed by atoms with van der Waals surface area (Å²) in [5, 5.41) is 9.41. The van der Waals surface area contributed by atoms with Gasteiger partial charge in [0.05, 0.1) is 13.2 Å². The molecule has 1 saturated carbocycles. The van der Waals surface area contributed by atoms with Gasteiger partial charge in [0.25, 0.3) is 0 Å².